The van der Waals surface area contributed by atoms with Crippen LogP contribution in [-0.2, 0) is 6.18 Å². The van der Waals surface area contributed by atoms with Gasteiger partial charge in [-0.1, -0.05) is 11.6 Å². The van der Waals surface area contributed by atoms with E-state index in [0.717, 1.165) is 12.1 Å². The highest BCUT2D eigenvalue weighted by atomic mass is 79.9. The molecule has 1 N–H and O–H groups in total. The van der Waals surface area contributed by atoms with Gasteiger partial charge in [-0.15, -0.1) is 0 Å². The lowest BCUT2D eigenvalue weighted by Gasteiger charge is -2.11. The normalized spacial score (nSPS) is 11.3. The van der Waals surface area contributed by atoms with Gasteiger partial charge in [0.1, 0.15) is 0 Å². The van der Waals surface area contributed by atoms with Gasteiger partial charge >= 0.3 is 6.18 Å². The number of benzene rings is 1. The molecule has 0 atom stereocenters. The Bertz CT molecular complexity index is 691. The smallest absolute Gasteiger partial charge is 0.322 e. The molecule has 0 aliphatic carbocycles. The van der Waals surface area contributed by atoms with E-state index in [1.54, 1.807) is 0 Å². The highest BCUT2D eigenvalue weighted by Crippen LogP contribution is 2.36. The predicted octanol–water partition coefficient (Wildman–Crippen LogP) is 4.77. The quantitative estimate of drug-likeness (QED) is 0.817. The Morgan fingerprint density at radius 2 is 1.95 bits per heavy atom. The van der Waals surface area contributed by atoms with Crippen molar-refractivity contribution in [2.24, 2.45) is 0 Å². The largest absolute Gasteiger partial charge is 0.417 e. The standard InChI is InChI=1S/C13H7BrClF3N2O/c14-8-3-7(5-19-6-8)12(21)20-9-1-2-11(15)10(4-9)13(16,17)18/h1-6H,(H,20,21). The lowest BCUT2D eigenvalue weighted by molar-refractivity contribution is -0.137. The zero-order chi connectivity index (χ0) is 15.6. The van der Waals surface area contributed by atoms with Gasteiger partial charge in [0.05, 0.1) is 16.1 Å². The van der Waals surface area contributed by atoms with Crippen molar-refractivity contribution in [2.45, 2.75) is 6.18 Å². The summed E-state index contributed by atoms with van der Waals surface area (Å²) in [4.78, 5) is 15.7. The molecule has 3 nitrogen and oxygen atoms in total. The van der Waals surface area contributed by atoms with Crippen LogP contribution in [0.4, 0.5) is 18.9 Å². The van der Waals surface area contributed by atoms with E-state index in [1.165, 1.54) is 24.5 Å². The van der Waals surface area contributed by atoms with Gasteiger partial charge in [0, 0.05) is 22.6 Å². The molecule has 0 saturated heterocycles. The second-order valence-electron chi connectivity index (χ2n) is 4.04. The third-order valence-corrected chi connectivity index (χ3v) is 3.26. The Kier molecular flexibility index (Phi) is 4.53. The number of halogens is 5. The summed E-state index contributed by atoms with van der Waals surface area (Å²) in [6.07, 6.45) is -1.79. The number of rotatable bonds is 2. The van der Waals surface area contributed by atoms with Gasteiger partial charge in [0.25, 0.3) is 5.91 Å². The van der Waals surface area contributed by atoms with Crippen molar-refractivity contribution < 1.29 is 18.0 Å². The number of aromatic nitrogens is 1. The van der Waals surface area contributed by atoms with E-state index in [1.807, 2.05) is 0 Å². The van der Waals surface area contributed by atoms with E-state index in [-0.39, 0.29) is 11.3 Å². The number of hydrogen-bond acceptors (Lipinski definition) is 2. The Labute approximate surface area is 131 Å². The molecule has 1 aromatic carbocycles. The number of nitrogens with one attached hydrogen (secondary N) is 1. The Balaban J connectivity index is 2.26. The number of carbonyl (C=O) groups is 1. The zero-order valence-corrected chi connectivity index (χ0v) is 12.6. The maximum absolute atomic E-state index is 12.7. The van der Waals surface area contributed by atoms with Crippen molar-refractivity contribution in [3.8, 4) is 0 Å². The van der Waals surface area contributed by atoms with Gasteiger partial charge in [-0.25, -0.2) is 0 Å². The maximum atomic E-state index is 12.7. The molecular weight excluding hydrogens is 373 g/mol. The van der Waals surface area contributed by atoms with E-state index >= 15 is 0 Å². The van der Waals surface area contributed by atoms with Crippen molar-refractivity contribution in [1.82, 2.24) is 4.98 Å². The first-order valence-corrected chi connectivity index (χ1v) is 6.73. The molecule has 0 bridgehead atoms. The number of nitrogens with zero attached hydrogens (tertiary/aromatic N) is 1. The number of alkyl halides is 3. The first-order chi connectivity index (χ1) is 9.77. The van der Waals surface area contributed by atoms with Gasteiger partial charge < -0.3 is 5.32 Å². The summed E-state index contributed by atoms with van der Waals surface area (Å²) in [6.45, 7) is 0. The molecule has 1 heterocycles. The van der Waals surface area contributed by atoms with E-state index < -0.39 is 22.7 Å². The minimum absolute atomic E-state index is 0.00306. The SMILES string of the molecule is O=C(Nc1ccc(Cl)c(C(F)(F)F)c1)c1cncc(Br)c1. The van der Waals surface area contributed by atoms with Gasteiger partial charge in [-0.05, 0) is 40.2 Å². The van der Waals surface area contributed by atoms with Gasteiger partial charge in [-0.3, -0.25) is 9.78 Å². The lowest BCUT2D eigenvalue weighted by Crippen LogP contribution is -2.13. The monoisotopic (exact) mass is 378 g/mol. The van der Waals surface area contributed by atoms with Crippen LogP contribution in [0.2, 0.25) is 5.02 Å². The lowest BCUT2D eigenvalue weighted by atomic mass is 10.2. The summed E-state index contributed by atoms with van der Waals surface area (Å²) in [5.41, 5.74) is -0.793. The summed E-state index contributed by atoms with van der Waals surface area (Å²) in [6, 6.07) is 4.66. The van der Waals surface area contributed by atoms with E-state index in [0.29, 0.717) is 4.47 Å². The van der Waals surface area contributed by atoms with E-state index in [9.17, 15) is 18.0 Å². The second-order valence-corrected chi connectivity index (χ2v) is 5.36. The molecule has 0 aliphatic heterocycles. The van der Waals surface area contributed by atoms with Gasteiger partial charge in [0.2, 0.25) is 0 Å². The summed E-state index contributed by atoms with van der Waals surface area (Å²) in [5, 5.41) is 1.94. The molecule has 110 valence electrons. The summed E-state index contributed by atoms with van der Waals surface area (Å²) >= 11 is 8.66. The van der Waals surface area contributed by atoms with Crippen LogP contribution in [-0.4, -0.2) is 10.9 Å². The first kappa shape index (κ1) is 15.8. The van der Waals surface area contributed by atoms with Crippen LogP contribution in [0.1, 0.15) is 15.9 Å². The fourth-order valence-corrected chi connectivity index (χ4v) is 2.15. The predicted molar refractivity (Wildman–Crippen MR) is 76.3 cm³/mol. The average Bonchev–Trinajstić information content (AvgIpc) is 2.39. The number of hydrogen-bond donors (Lipinski definition) is 1. The topological polar surface area (TPSA) is 42.0 Å². The second kappa shape index (κ2) is 6.03. The van der Waals surface area contributed by atoms with Crippen LogP contribution in [0.15, 0.2) is 41.1 Å². The molecule has 0 fully saturated rings. The van der Waals surface area contributed by atoms with Crippen molar-refractivity contribution in [3.05, 3.63) is 57.3 Å². The molecular formula is C13H7BrClF3N2O. The number of carbonyl (C=O) groups excluding carboxylic acids is 1. The molecule has 0 radical (unpaired) electrons. The van der Waals surface area contributed by atoms with Gasteiger partial charge in [0.15, 0.2) is 0 Å². The molecule has 0 aliphatic rings. The molecule has 1 amide bonds. The maximum Gasteiger partial charge on any atom is 0.417 e. The number of pyridine rings is 1. The van der Waals surface area contributed by atoms with Crippen LogP contribution in [0.5, 0.6) is 0 Å². The van der Waals surface area contributed by atoms with E-state index in [4.69, 9.17) is 11.6 Å². The van der Waals surface area contributed by atoms with E-state index in [2.05, 4.69) is 26.2 Å². The van der Waals surface area contributed by atoms with Crippen molar-refractivity contribution in [3.63, 3.8) is 0 Å². The van der Waals surface area contributed by atoms with Crippen LogP contribution >= 0.6 is 27.5 Å². The third kappa shape index (κ3) is 3.95. The number of amides is 1. The molecule has 1 aromatic heterocycles. The van der Waals surface area contributed by atoms with Crippen molar-refractivity contribution in [1.29, 1.82) is 0 Å². The molecule has 0 spiro atoms. The molecule has 8 heteroatoms. The van der Waals surface area contributed by atoms with Crippen LogP contribution in [0.25, 0.3) is 0 Å². The van der Waals surface area contributed by atoms with Crippen LogP contribution in [0, 0.1) is 0 Å². The third-order valence-electron chi connectivity index (χ3n) is 2.50. The zero-order valence-electron chi connectivity index (χ0n) is 10.2. The van der Waals surface area contributed by atoms with Crippen molar-refractivity contribution in [2.75, 3.05) is 5.32 Å². The van der Waals surface area contributed by atoms with Crippen molar-refractivity contribution >= 4 is 39.1 Å². The fraction of sp³-hybridized carbons (Fsp3) is 0.0769. The minimum atomic E-state index is -4.59. The summed E-state index contributed by atoms with van der Waals surface area (Å²) in [7, 11) is 0. The Morgan fingerprint density at radius 1 is 1.24 bits per heavy atom. The molecule has 2 aromatic rings. The summed E-state index contributed by atoms with van der Waals surface area (Å²) < 4.78 is 38.8. The molecule has 0 saturated carbocycles. The Hall–Kier alpha value is -1.60. The number of anilines is 1. The molecule has 21 heavy (non-hydrogen) atoms. The molecule has 0 unspecified atom stereocenters. The van der Waals surface area contributed by atoms with Gasteiger partial charge in [-0.2, -0.15) is 13.2 Å². The molecule has 2 rings (SSSR count). The Morgan fingerprint density at radius 3 is 2.57 bits per heavy atom. The minimum Gasteiger partial charge on any atom is -0.322 e. The first-order valence-electron chi connectivity index (χ1n) is 5.56. The van der Waals surface area contributed by atoms with Crippen LogP contribution < -0.4 is 5.32 Å². The van der Waals surface area contributed by atoms with Crippen LogP contribution in [0.3, 0.4) is 0 Å². The highest BCUT2D eigenvalue weighted by molar-refractivity contribution is 9.10. The summed E-state index contributed by atoms with van der Waals surface area (Å²) in [5.74, 6) is -0.570. The average molecular weight is 380 g/mol. The fourth-order valence-electron chi connectivity index (χ4n) is 1.56. The highest BCUT2D eigenvalue weighted by Gasteiger charge is 2.33.